The first-order valence-electron chi connectivity index (χ1n) is 11.7. The van der Waals surface area contributed by atoms with Gasteiger partial charge in [0.25, 0.3) is 0 Å². The average Bonchev–Trinajstić information content (AvgIpc) is 3.04. The molecule has 3 heterocycles. The highest BCUT2D eigenvalue weighted by molar-refractivity contribution is 5.84. The van der Waals surface area contributed by atoms with Crippen LogP contribution in [-0.2, 0) is 7.05 Å². The molecule has 8 nitrogen and oxygen atoms in total. The van der Waals surface area contributed by atoms with Crippen molar-refractivity contribution in [1.82, 2.24) is 29.3 Å². The molecule has 3 fully saturated rings. The van der Waals surface area contributed by atoms with E-state index in [-0.39, 0.29) is 0 Å². The normalized spacial score (nSPS) is 26.0. The summed E-state index contributed by atoms with van der Waals surface area (Å²) in [5.74, 6) is 2.40. The molecule has 8 heteroatoms. The van der Waals surface area contributed by atoms with Crippen molar-refractivity contribution in [3.63, 3.8) is 0 Å². The lowest BCUT2D eigenvalue weighted by atomic mass is 9.80. The lowest BCUT2D eigenvalue weighted by molar-refractivity contribution is 0.0787. The molecule has 0 amide bonds. The van der Waals surface area contributed by atoms with E-state index in [1.54, 1.807) is 0 Å². The van der Waals surface area contributed by atoms with Crippen molar-refractivity contribution in [3.05, 3.63) is 6.33 Å². The third-order valence-electron chi connectivity index (χ3n) is 7.11. The van der Waals surface area contributed by atoms with Gasteiger partial charge in [-0.25, -0.2) is 4.98 Å². The maximum Gasteiger partial charge on any atom is 0.227 e. The van der Waals surface area contributed by atoms with Gasteiger partial charge in [0.2, 0.25) is 5.95 Å². The van der Waals surface area contributed by atoms with Crippen molar-refractivity contribution in [2.45, 2.75) is 63.1 Å². The number of imidazole rings is 1. The van der Waals surface area contributed by atoms with Crippen LogP contribution in [0.5, 0.6) is 0 Å². The van der Waals surface area contributed by atoms with E-state index in [0.717, 1.165) is 48.6 Å². The van der Waals surface area contributed by atoms with Gasteiger partial charge in [0, 0.05) is 38.8 Å². The zero-order chi connectivity index (χ0) is 20.7. The van der Waals surface area contributed by atoms with Crippen molar-refractivity contribution >= 4 is 22.9 Å². The Morgan fingerprint density at radius 2 is 1.80 bits per heavy atom. The second kappa shape index (κ2) is 8.30. The molecule has 30 heavy (non-hydrogen) atoms. The smallest absolute Gasteiger partial charge is 0.227 e. The highest BCUT2D eigenvalue weighted by atomic mass is 15.3. The Labute approximate surface area is 179 Å². The van der Waals surface area contributed by atoms with Crippen LogP contribution < -0.4 is 10.6 Å². The van der Waals surface area contributed by atoms with Crippen molar-refractivity contribution < 1.29 is 0 Å². The minimum absolute atomic E-state index is 0.459. The van der Waals surface area contributed by atoms with Crippen LogP contribution in [0.3, 0.4) is 0 Å². The highest BCUT2D eigenvalue weighted by Crippen LogP contribution is 2.32. The number of nitrogens with zero attached hydrogens (tertiary/aromatic N) is 6. The average molecular weight is 413 g/mol. The quantitative estimate of drug-likeness (QED) is 0.724. The van der Waals surface area contributed by atoms with Crippen molar-refractivity contribution in [3.8, 4) is 0 Å². The zero-order valence-electron chi connectivity index (χ0n) is 18.6. The van der Waals surface area contributed by atoms with Gasteiger partial charge in [-0.05, 0) is 45.7 Å². The van der Waals surface area contributed by atoms with Crippen molar-refractivity contribution in [2.75, 3.05) is 44.4 Å². The molecule has 2 N–H and O–H groups in total. The summed E-state index contributed by atoms with van der Waals surface area (Å²) in [4.78, 5) is 19.0. The number of fused-ring (bicyclic) bond motifs is 1. The minimum Gasteiger partial charge on any atom is -0.363 e. The van der Waals surface area contributed by atoms with E-state index in [4.69, 9.17) is 4.98 Å². The van der Waals surface area contributed by atoms with E-state index in [9.17, 15) is 0 Å². The first-order chi connectivity index (χ1) is 14.5. The SMILES string of the molecule is CN(C)CC1CC(Nc2nc(NC3CN(C4CCCCC4)C3)c3c(ncn3C)n2)C1. The van der Waals surface area contributed by atoms with Crippen molar-refractivity contribution in [1.29, 1.82) is 0 Å². The summed E-state index contributed by atoms with van der Waals surface area (Å²) in [6.45, 7) is 3.39. The second-order valence-electron chi connectivity index (χ2n) is 9.95. The third kappa shape index (κ3) is 4.12. The molecule has 0 aromatic carbocycles. The van der Waals surface area contributed by atoms with E-state index >= 15 is 0 Å². The molecule has 1 saturated heterocycles. The predicted octanol–water partition coefficient (Wildman–Crippen LogP) is 2.54. The monoisotopic (exact) mass is 412 g/mol. The Kier molecular flexibility index (Phi) is 5.54. The zero-order valence-corrected chi connectivity index (χ0v) is 18.6. The van der Waals surface area contributed by atoms with E-state index < -0.39 is 0 Å². The van der Waals surface area contributed by atoms with Crippen molar-refractivity contribution in [2.24, 2.45) is 13.0 Å². The molecular weight excluding hydrogens is 376 g/mol. The first-order valence-corrected chi connectivity index (χ1v) is 11.7. The summed E-state index contributed by atoms with van der Waals surface area (Å²) >= 11 is 0. The highest BCUT2D eigenvalue weighted by Gasteiger charge is 2.34. The van der Waals surface area contributed by atoms with E-state index in [2.05, 4.69) is 44.5 Å². The number of rotatable bonds is 7. The molecule has 2 aromatic heterocycles. The van der Waals surface area contributed by atoms with E-state index in [0.29, 0.717) is 18.0 Å². The summed E-state index contributed by atoms with van der Waals surface area (Å²) < 4.78 is 2.02. The number of hydrogen-bond donors (Lipinski definition) is 2. The van der Waals surface area contributed by atoms with Crippen LogP contribution in [0.15, 0.2) is 6.33 Å². The predicted molar refractivity (Wildman–Crippen MR) is 121 cm³/mol. The topological polar surface area (TPSA) is 74.1 Å². The van der Waals surface area contributed by atoms with Crippen LogP contribution in [-0.4, -0.2) is 81.2 Å². The molecule has 0 radical (unpaired) electrons. The molecule has 0 atom stereocenters. The number of nitrogens with one attached hydrogen (secondary N) is 2. The fraction of sp³-hybridized carbons (Fsp3) is 0.773. The Hall–Kier alpha value is -1.93. The van der Waals surface area contributed by atoms with Gasteiger partial charge in [-0.1, -0.05) is 19.3 Å². The Morgan fingerprint density at radius 1 is 1.03 bits per heavy atom. The van der Waals surface area contributed by atoms with Gasteiger partial charge < -0.3 is 20.1 Å². The number of anilines is 2. The maximum absolute atomic E-state index is 4.88. The van der Waals surface area contributed by atoms with Crippen LogP contribution in [0.4, 0.5) is 11.8 Å². The number of likely N-dealkylation sites (tertiary alicyclic amines) is 1. The molecule has 0 spiro atoms. The van der Waals surface area contributed by atoms with Crippen LogP contribution in [0.1, 0.15) is 44.9 Å². The number of aryl methyl sites for hydroxylation is 1. The molecule has 2 saturated carbocycles. The van der Waals surface area contributed by atoms with Gasteiger partial charge in [0.05, 0.1) is 12.4 Å². The van der Waals surface area contributed by atoms with Gasteiger partial charge in [0.1, 0.15) is 5.52 Å². The van der Waals surface area contributed by atoms with E-state index in [1.807, 2.05) is 17.9 Å². The minimum atomic E-state index is 0.459. The standard InChI is InChI=1S/C22H36N8/c1-28(2)11-15-9-16(10-15)25-22-26-20-19(29(3)14-23-20)21(27-22)24-17-12-30(13-17)18-7-5-4-6-8-18/h14-18H,4-13H2,1-3H3,(H2,24,25,26,27). The number of aromatic nitrogens is 4. The van der Waals surface area contributed by atoms with Gasteiger partial charge in [0.15, 0.2) is 11.5 Å². The Bertz CT molecular complexity index is 859. The molecule has 0 bridgehead atoms. The second-order valence-corrected chi connectivity index (χ2v) is 9.95. The summed E-state index contributed by atoms with van der Waals surface area (Å²) in [7, 11) is 6.31. The molecule has 3 aliphatic rings. The van der Waals surface area contributed by atoms with Crippen LogP contribution in [0.25, 0.3) is 11.2 Å². The molecule has 5 rings (SSSR count). The number of hydrogen-bond acceptors (Lipinski definition) is 7. The Balaban J connectivity index is 1.23. The summed E-state index contributed by atoms with van der Waals surface area (Å²) in [5, 5.41) is 7.25. The Morgan fingerprint density at radius 3 is 2.53 bits per heavy atom. The first kappa shape index (κ1) is 20.0. The lowest BCUT2D eigenvalue weighted by Crippen LogP contribution is -2.58. The lowest BCUT2D eigenvalue weighted by Gasteiger charge is -2.46. The van der Waals surface area contributed by atoms with Crippen LogP contribution in [0, 0.1) is 5.92 Å². The largest absolute Gasteiger partial charge is 0.363 e. The fourth-order valence-electron chi connectivity index (χ4n) is 5.47. The summed E-state index contributed by atoms with van der Waals surface area (Å²) in [6.07, 6.45) is 11.1. The molecule has 2 aliphatic carbocycles. The van der Waals surface area contributed by atoms with Crippen LogP contribution in [0.2, 0.25) is 0 Å². The molecule has 2 aromatic rings. The molecule has 1 aliphatic heterocycles. The molecule has 0 unspecified atom stereocenters. The summed E-state index contributed by atoms with van der Waals surface area (Å²) in [6, 6.07) is 1.72. The van der Waals surface area contributed by atoms with Gasteiger partial charge in [-0.3, -0.25) is 4.90 Å². The van der Waals surface area contributed by atoms with E-state index in [1.165, 1.54) is 44.9 Å². The van der Waals surface area contributed by atoms with Gasteiger partial charge in [-0.2, -0.15) is 9.97 Å². The van der Waals surface area contributed by atoms with Crippen LogP contribution >= 0.6 is 0 Å². The summed E-state index contributed by atoms with van der Waals surface area (Å²) in [5.41, 5.74) is 1.76. The maximum atomic E-state index is 4.88. The fourth-order valence-corrected chi connectivity index (χ4v) is 5.47. The third-order valence-corrected chi connectivity index (χ3v) is 7.11. The molecular formula is C22H36N8. The molecule has 164 valence electrons. The van der Waals surface area contributed by atoms with Gasteiger partial charge in [-0.15, -0.1) is 0 Å². The van der Waals surface area contributed by atoms with Gasteiger partial charge >= 0.3 is 0 Å².